The monoisotopic (exact) mass is 174 g/mol. The smallest absolute Gasteiger partial charge is 0.0620 e. The van der Waals surface area contributed by atoms with Gasteiger partial charge < -0.3 is 10.2 Å². The molecule has 74 valence electrons. The molecule has 0 amide bonds. The van der Waals surface area contributed by atoms with Crippen LogP contribution in [0.2, 0.25) is 0 Å². The lowest BCUT2D eigenvalue weighted by molar-refractivity contribution is -0.0668. The molecular weight excluding hydrogens is 152 g/mol. The Balaban J connectivity index is 4.41. The highest BCUT2D eigenvalue weighted by Gasteiger charge is 2.35. The van der Waals surface area contributed by atoms with Gasteiger partial charge in [0.2, 0.25) is 0 Å². The van der Waals surface area contributed by atoms with E-state index in [4.69, 9.17) is 0 Å². The molecule has 0 aliphatic rings. The van der Waals surface area contributed by atoms with Crippen LogP contribution in [0.15, 0.2) is 0 Å². The summed E-state index contributed by atoms with van der Waals surface area (Å²) in [7, 11) is 0. The van der Waals surface area contributed by atoms with Crippen LogP contribution in [0.1, 0.15) is 41.5 Å². The summed E-state index contributed by atoms with van der Waals surface area (Å²) in [5, 5.41) is 19.4. The molecule has 2 atom stereocenters. The molecule has 0 spiro atoms. The number of hydrogen-bond donors (Lipinski definition) is 2. The third kappa shape index (κ3) is 3.11. The first-order chi connectivity index (χ1) is 5.07. The van der Waals surface area contributed by atoms with Crippen LogP contribution in [0.3, 0.4) is 0 Å². The predicted molar refractivity (Wildman–Crippen MR) is 50.9 cm³/mol. The molecule has 12 heavy (non-hydrogen) atoms. The highest BCUT2D eigenvalue weighted by molar-refractivity contribution is 4.85. The first-order valence-corrected chi connectivity index (χ1v) is 4.51. The molecule has 0 fully saturated rings. The van der Waals surface area contributed by atoms with E-state index in [0.717, 1.165) is 0 Å². The molecule has 0 aromatic heterocycles. The molecular formula is C10H22O2. The summed E-state index contributed by atoms with van der Waals surface area (Å²) in [5.74, 6) is 0.162. The molecule has 0 aromatic carbocycles. The Bertz CT molecular complexity index is 121. The number of hydrogen-bond acceptors (Lipinski definition) is 2. The molecule has 0 aliphatic carbocycles. The molecule has 0 aliphatic heterocycles. The third-order valence-corrected chi connectivity index (χ3v) is 2.98. The van der Waals surface area contributed by atoms with E-state index in [-0.39, 0.29) is 11.8 Å². The SMILES string of the molecule is CC(C(C)C(C)(C)O)C(C)(C)O. The maximum absolute atomic E-state index is 9.71. The minimum atomic E-state index is -0.723. The molecule has 0 heterocycles. The van der Waals surface area contributed by atoms with Crippen LogP contribution in [-0.2, 0) is 0 Å². The molecule has 0 saturated heterocycles. The summed E-state index contributed by atoms with van der Waals surface area (Å²) in [5.41, 5.74) is -1.45. The number of aliphatic hydroxyl groups is 2. The third-order valence-electron chi connectivity index (χ3n) is 2.98. The summed E-state index contributed by atoms with van der Waals surface area (Å²) in [6, 6.07) is 0. The lowest BCUT2D eigenvalue weighted by atomic mass is 9.75. The van der Waals surface area contributed by atoms with E-state index in [1.54, 1.807) is 27.7 Å². The molecule has 2 nitrogen and oxygen atoms in total. The van der Waals surface area contributed by atoms with Gasteiger partial charge in [-0.05, 0) is 39.5 Å². The van der Waals surface area contributed by atoms with Gasteiger partial charge in [-0.25, -0.2) is 0 Å². The van der Waals surface area contributed by atoms with Crippen LogP contribution < -0.4 is 0 Å². The van der Waals surface area contributed by atoms with Gasteiger partial charge in [-0.1, -0.05) is 13.8 Å². The largest absolute Gasteiger partial charge is 0.390 e. The van der Waals surface area contributed by atoms with E-state index in [1.165, 1.54) is 0 Å². The van der Waals surface area contributed by atoms with Crippen LogP contribution in [-0.4, -0.2) is 21.4 Å². The van der Waals surface area contributed by atoms with Crippen LogP contribution in [0, 0.1) is 11.8 Å². The highest BCUT2D eigenvalue weighted by Crippen LogP contribution is 2.31. The van der Waals surface area contributed by atoms with Crippen molar-refractivity contribution in [2.45, 2.75) is 52.7 Å². The standard InChI is InChI=1S/C10H22O2/c1-7(9(3,4)11)8(2)10(5,6)12/h7-8,11-12H,1-6H3. The van der Waals surface area contributed by atoms with Gasteiger partial charge in [0.25, 0.3) is 0 Å². The first-order valence-electron chi connectivity index (χ1n) is 4.51. The Morgan fingerprint density at radius 2 is 0.917 bits per heavy atom. The maximum Gasteiger partial charge on any atom is 0.0620 e. The zero-order chi connectivity index (χ0) is 10.2. The Labute approximate surface area is 75.6 Å². The summed E-state index contributed by atoms with van der Waals surface area (Å²) < 4.78 is 0. The topological polar surface area (TPSA) is 40.5 Å². The second-order valence-corrected chi connectivity index (χ2v) is 4.88. The van der Waals surface area contributed by atoms with Gasteiger partial charge in [-0.2, -0.15) is 0 Å². The van der Waals surface area contributed by atoms with Crippen molar-refractivity contribution in [3.05, 3.63) is 0 Å². The lowest BCUT2D eigenvalue weighted by Gasteiger charge is -2.37. The quantitative estimate of drug-likeness (QED) is 0.685. The zero-order valence-corrected chi connectivity index (χ0v) is 9.05. The Kier molecular flexibility index (Phi) is 3.32. The van der Waals surface area contributed by atoms with E-state index >= 15 is 0 Å². The fraction of sp³-hybridized carbons (Fsp3) is 1.00. The summed E-state index contributed by atoms with van der Waals surface area (Å²) in [4.78, 5) is 0. The lowest BCUT2D eigenvalue weighted by Crippen LogP contribution is -2.42. The second-order valence-electron chi connectivity index (χ2n) is 4.88. The minimum absolute atomic E-state index is 0.0810. The average molecular weight is 174 g/mol. The van der Waals surface area contributed by atoms with Crippen LogP contribution in [0.5, 0.6) is 0 Å². The van der Waals surface area contributed by atoms with Crippen molar-refractivity contribution in [2.24, 2.45) is 11.8 Å². The van der Waals surface area contributed by atoms with Crippen molar-refractivity contribution >= 4 is 0 Å². The van der Waals surface area contributed by atoms with Crippen molar-refractivity contribution < 1.29 is 10.2 Å². The maximum atomic E-state index is 9.71. The average Bonchev–Trinajstić information content (AvgIpc) is 1.80. The van der Waals surface area contributed by atoms with Crippen LogP contribution in [0.4, 0.5) is 0 Å². The van der Waals surface area contributed by atoms with Gasteiger partial charge in [-0.15, -0.1) is 0 Å². The van der Waals surface area contributed by atoms with Crippen LogP contribution >= 0.6 is 0 Å². The zero-order valence-electron chi connectivity index (χ0n) is 9.05. The van der Waals surface area contributed by atoms with Gasteiger partial charge in [0.05, 0.1) is 11.2 Å². The molecule has 0 saturated carbocycles. The number of rotatable bonds is 3. The molecule has 2 N–H and O–H groups in total. The Hall–Kier alpha value is -0.0800. The van der Waals surface area contributed by atoms with Crippen molar-refractivity contribution in [2.75, 3.05) is 0 Å². The summed E-state index contributed by atoms with van der Waals surface area (Å²) in [6.07, 6.45) is 0. The van der Waals surface area contributed by atoms with Crippen molar-refractivity contribution in [3.8, 4) is 0 Å². The van der Waals surface area contributed by atoms with Gasteiger partial charge in [0.1, 0.15) is 0 Å². The molecule has 0 bridgehead atoms. The van der Waals surface area contributed by atoms with Gasteiger partial charge in [0, 0.05) is 0 Å². The van der Waals surface area contributed by atoms with E-state index in [0.29, 0.717) is 0 Å². The van der Waals surface area contributed by atoms with E-state index in [2.05, 4.69) is 0 Å². The molecule has 0 radical (unpaired) electrons. The fourth-order valence-corrected chi connectivity index (χ4v) is 1.22. The predicted octanol–water partition coefficient (Wildman–Crippen LogP) is 1.80. The van der Waals surface area contributed by atoms with E-state index in [9.17, 15) is 10.2 Å². The fourth-order valence-electron chi connectivity index (χ4n) is 1.22. The normalized spacial score (nSPS) is 19.0. The molecule has 2 heteroatoms. The Morgan fingerprint density at radius 3 is 1.00 bits per heavy atom. The minimum Gasteiger partial charge on any atom is -0.390 e. The summed E-state index contributed by atoms with van der Waals surface area (Å²) >= 11 is 0. The summed E-state index contributed by atoms with van der Waals surface area (Å²) in [6.45, 7) is 11.0. The molecule has 0 aromatic rings. The highest BCUT2D eigenvalue weighted by atomic mass is 16.3. The van der Waals surface area contributed by atoms with Crippen molar-refractivity contribution in [1.82, 2.24) is 0 Å². The van der Waals surface area contributed by atoms with E-state index in [1.807, 2.05) is 13.8 Å². The first kappa shape index (κ1) is 11.9. The van der Waals surface area contributed by atoms with Crippen molar-refractivity contribution in [1.29, 1.82) is 0 Å². The molecule has 2 unspecified atom stereocenters. The van der Waals surface area contributed by atoms with Gasteiger partial charge in [0.15, 0.2) is 0 Å². The van der Waals surface area contributed by atoms with E-state index < -0.39 is 11.2 Å². The molecule has 0 rings (SSSR count). The van der Waals surface area contributed by atoms with Gasteiger partial charge in [-0.3, -0.25) is 0 Å². The second kappa shape index (κ2) is 3.35. The van der Waals surface area contributed by atoms with Gasteiger partial charge >= 0.3 is 0 Å². The van der Waals surface area contributed by atoms with Crippen LogP contribution in [0.25, 0.3) is 0 Å². The van der Waals surface area contributed by atoms with Crippen molar-refractivity contribution in [3.63, 3.8) is 0 Å². The Morgan fingerprint density at radius 1 is 0.750 bits per heavy atom.